The van der Waals surface area contributed by atoms with E-state index in [0.717, 1.165) is 35.1 Å². The van der Waals surface area contributed by atoms with Crippen molar-refractivity contribution in [1.82, 2.24) is 20.2 Å². The molecule has 2 N–H and O–H groups in total. The average molecular weight is 591 g/mol. The molecule has 0 amide bonds. The number of benzene rings is 1. The monoisotopic (exact) mass is 590 g/mol. The number of hydrogen-bond donors (Lipinski definition) is 2. The number of aliphatic imine (C=N–C) groups is 1. The number of carbonyl (C=O) groups excluding carboxylic acids is 1. The Balaban J connectivity index is 0. The maximum Gasteiger partial charge on any atom is 1.00 e. The van der Waals surface area contributed by atoms with Gasteiger partial charge in [0.05, 0.1) is 17.8 Å². The Morgan fingerprint density at radius 3 is 2.49 bits per heavy atom. The van der Waals surface area contributed by atoms with Crippen LogP contribution in [-0.2, 0) is 24.4 Å². The van der Waals surface area contributed by atoms with Crippen molar-refractivity contribution in [3.8, 4) is 0 Å². The van der Waals surface area contributed by atoms with Gasteiger partial charge in [-0.3, -0.25) is 6.08 Å². The molecule has 2 aromatic rings. The van der Waals surface area contributed by atoms with E-state index >= 15 is 0 Å². The number of aromatic nitrogens is 2. The molecule has 12 heteroatoms. The normalized spacial score (nSPS) is 11.8. The van der Waals surface area contributed by atoms with Crippen molar-refractivity contribution >= 4 is 30.4 Å². The summed E-state index contributed by atoms with van der Waals surface area (Å²) in [4.78, 5) is 22.8. The molecular weight excluding hydrogens is 556 g/mol. The van der Waals surface area contributed by atoms with Crippen LogP contribution in [0.15, 0.2) is 40.7 Å². The molecule has 0 saturated heterocycles. The van der Waals surface area contributed by atoms with Gasteiger partial charge in [-0.05, 0) is 32.5 Å². The van der Waals surface area contributed by atoms with Crippen molar-refractivity contribution in [2.24, 2.45) is 4.99 Å². The summed E-state index contributed by atoms with van der Waals surface area (Å²) in [5.74, 6) is -0.485. The zero-order chi connectivity index (χ0) is 28.0. The predicted octanol–water partition coefficient (Wildman–Crippen LogP) is 3.15. The zero-order valence-corrected chi connectivity index (χ0v) is 27.3. The number of nitrogens with zero attached hydrogens (tertiary/aromatic N) is 4. The molecule has 39 heavy (non-hydrogen) atoms. The van der Waals surface area contributed by atoms with Gasteiger partial charge in [-0.2, -0.15) is 0 Å². The first-order valence-electron chi connectivity index (χ1n) is 11.2. The predicted molar refractivity (Wildman–Crippen MR) is 148 cm³/mol. The maximum atomic E-state index is 14.4. The van der Waals surface area contributed by atoms with E-state index in [-0.39, 0.29) is 76.2 Å². The number of allylic oxidation sites excluding steroid dienone is 3. The molecule has 0 aliphatic carbocycles. The minimum Gasteiger partial charge on any atom is -0.393 e. The fourth-order valence-corrected chi connectivity index (χ4v) is 3.37. The first-order valence-corrected chi connectivity index (χ1v) is 11.6. The summed E-state index contributed by atoms with van der Waals surface area (Å²) in [6.45, 7) is 13.0. The molecule has 2 heterocycles. The van der Waals surface area contributed by atoms with Crippen LogP contribution in [0.25, 0.3) is 0 Å². The van der Waals surface area contributed by atoms with Gasteiger partial charge in [-0.1, -0.05) is 23.8 Å². The molecule has 1 aromatic carbocycles. The molecule has 0 saturated carbocycles. The molecule has 0 unspecified atom stereocenters. The van der Waals surface area contributed by atoms with Gasteiger partial charge in [0.2, 0.25) is 5.28 Å². The number of alkyl halides is 2. The van der Waals surface area contributed by atoms with Gasteiger partial charge >= 0.3 is 51.4 Å². The molecule has 1 aliphatic rings. The van der Waals surface area contributed by atoms with Gasteiger partial charge in [-0.25, -0.2) is 23.1 Å². The van der Waals surface area contributed by atoms with E-state index in [1.807, 2.05) is 32.6 Å². The minimum absolute atomic E-state index is 0. The van der Waals surface area contributed by atoms with Crippen LogP contribution in [0.1, 0.15) is 49.6 Å². The molecule has 3 rings (SSSR count). The molecule has 0 radical (unpaired) electrons. The van der Waals surface area contributed by atoms with Gasteiger partial charge in [-0.15, -0.1) is 25.4 Å². The smallest absolute Gasteiger partial charge is 0.393 e. The summed E-state index contributed by atoms with van der Waals surface area (Å²) >= 11 is 6.08. The molecule has 0 atom stereocenters. The van der Waals surface area contributed by atoms with Crippen LogP contribution in [0.3, 0.4) is 0 Å². The van der Waals surface area contributed by atoms with E-state index in [4.69, 9.17) is 16.4 Å². The maximum absolute atomic E-state index is 14.4. The van der Waals surface area contributed by atoms with Crippen LogP contribution in [0.2, 0.25) is 5.28 Å². The first kappa shape index (κ1) is 39.5. The van der Waals surface area contributed by atoms with Gasteiger partial charge in [0.25, 0.3) is 6.43 Å². The fraction of sp³-hybridized carbons (Fsp3) is 0.333. The Hall–Kier alpha value is -1.60. The molecule has 1 aliphatic heterocycles. The van der Waals surface area contributed by atoms with E-state index in [1.165, 1.54) is 12.1 Å². The molecule has 7 nitrogen and oxygen atoms in total. The summed E-state index contributed by atoms with van der Waals surface area (Å²) < 4.78 is 40.3. The molecule has 0 spiro atoms. The van der Waals surface area contributed by atoms with Gasteiger partial charge in [0, 0.05) is 30.4 Å². The topological polar surface area (TPSA) is 82.5 Å². The standard InChI is InChI=1S/C22H22ClF3N5.C3H8N.CH2O.CH3.K/c1-4-15(10-27-8-13(2)3)31-11-17-18(12-31)29-22(23)30-21(17)28-9-14-6-5-7-16(19(14)24)20(25)26;1-3-4-2;1-2;;/h5-8,10,20H,9,11-12H2,1-3H3,(H,28,29,30);4H,1,3H2,2H3;1H2;1H3;/q2*-1;;-1;+1. The largest absolute Gasteiger partial charge is 1.00 e. The van der Waals surface area contributed by atoms with Crippen LogP contribution in [0, 0.1) is 26.2 Å². The number of carbonyl (C=O) groups is 1. The Morgan fingerprint density at radius 1 is 1.31 bits per heavy atom. The van der Waals surface area contributed by atoms with E-state index in [0.29, 0.717) is 18.9 Å². The number of nitrogens with one attached hydrogen (secondary N) is 2. The molecule has 210 valence electrons. The van der Waals surface area contributed by atoms with Gasteiger partial charge < -0.3 is 39.7 Å². The number of anilines is 1. The van der Waals surface area contributed by atoms with E-state index in [1.54, 1.807) is 19.3 Å². The van der Waals surface area contributed by atoms with Crippen LogP contribution in [-0.4, -0.2) is 41.5 Å². The van der Waals surface area contributed by atoms with Crippen molar-refractivity contribution in [3.63, 3.8) is 0 Å². The summed E-state index contributed by atoms with van der Waals surface area (Å²) in [7, 11) is 1.87. The Labute approximate surface area is 277 Å². The Bertz CT molecular complexity index is 1110. The number of rotatable bonds is 8. The van der Waals surface area contributed by atoms with Crippen LogP contribution in [0.4, 0.5) is 19.0 Å². The number of fused-ring (bicyclic) bond motifs is 1. The summed E-state index contributed by atoms with van der Waals surface area (Å²) in [5, 5.41) is 5.89. The van der Waals surface area contributed by atoms with Crippen molar-refractivity contribution in [2.45, 2.75) is 46.8 Å². The zero-order valence-electron chi connectivity index (χ0n) is 23.4. The average Bonchev–Trinajstić information content (AvgIpc) is 3.30. The molecule has 0 fully saturated rings. The third-order valence-corrected chi connectivity index (χ3v) is 5.09. The minimum atomic E-state index is -2.88. The van der Waals surface area contributed by atoms with E-state index in [2.05, 4.69) is 38.6 Å². The third kappa shape index (κ3) is 12.6. The van der Waals surface area contributed by atoms with Crippen molar-refractivity contribution in [1.29, 1.82) is 0 Å². The fourth-order valence-electron chi connectivity index (χ4n) is 3.19. The summed E-state index contributed by atoms with van der Waals surface area (Å²) in [6.07, 6.45) is 3.70. The summed E-state index contributed by atoms with van der Waals surface area (Å²) in [5.41, 5.74) is 2.88. The second-order valence-electron chi connectivity index (χ2n) is 7.82. The van der Waals surface area contributed by atoms with E-state index < -0.39 is 17.8 Å². The van der Waals surface area contributed by atoms with Crippen LogP contribution in [0.5, 0.6) is 0 Å². The quantitative estimate of drug-likeness (QED) is 0.213. The van der Waals surface area contributed by atoms with Crippen LogP contribution < -0.4 is 62.0 Å². The van der Waals surface area contributed by atoms with Crippen LogP contribution >= 0.6 is 11.6 Å². The van der Waals surface area contributed by atoms with Gasteiger partial charge in [0.15, 0.2) is 0 Å². The van der Waals surface area contributed by atoms with Crippen molar-refractivity contribution < 1.29 is 69.4 Å². The first-order chi connectivity index (χ1) is 17.7. The second kappa shape index (κ2) is 21.2. The van der Waals surface area contributed by atoms with Crippen molar-refractivity contribution in [3.05, 3.63) is 89.6 Å². The number of halogens is 4. The Morgan fingerprint density at radius 2 is 1.95 bits per heavy atom. The van der Waals surface area contributed by atoms with Crippen molar-refractivity contribution in [2.75, 3.05) is 18.9 Å². The van der Waals surface area contributed by atoms with Gasteiger partial charge in [0.1, 0.15) is 18.4 Å². The third-order valence-electron chi connectivity index (χ3n) is 4.92. The molecule has 1 aromatic heterocycles. The molecule has 0 bridgehead atoms. The number of hydrogen-bond acceptors (Lipinski definition) is 7. The molecular formula is C27H35ClF3KN6O-2. The SMILES string of the molecule is C=O.C[C-]=C(C=NC=C(C)C)N1Cc2nc(Cl)nc(NCc3cccc(C(F)F)c3F)c2C1.[CH2-]CNC.[CH3-].[K+]. The summed E-state index contributed by atoms with van der Waals surface area (Å²) in [6, 6.07) is 3.93. The Kier molecular flexibility index (Phi) is 21.5. The van der Waals surface area contributed by atoms with E-state index in [9.17, 15) is 13.2 Å². The second-order valence-corrected chi connectivity index (χ2v) is 8.16.